The molecule has 80 valence electrons. The highest BCUT2D eigenvalue weighted by Gasteiger charge is 2.07. The highest BCUT2D eigenvalue weighted by molar-refractivity contribution is 7.99. The molecule has 0 unspecified atom stereocenters. The van der Waals surface area contributed by atoms with E-state index in [0.717, 1.165) is 10.1 Å². The molecule has 0 aliphatic rings. The summed E-state index contributed by atoms with van der Waals surface area (Å²) in [6.45, 7) is 0. The fourth-order valence-corrected chi connectivity index (χ4v) is 2.02. The molecule has 0 radical (unpaired) electrons. The zero-order valence-electron chi connectivity index (χ0n) is 8.58. The topological polar surface area (TPSA) is 80.5 Å². The van der Waals surface area contributed by atoms with Crippen LogP contribution >= 0.6 is 11.8 Å². The van der Waals surface area contributed by atoms with Crippen LogP contribution in [0.5, 0.6) is 0 Å². The summed E-state index contributed by atoms with van der Waals surface area (Å²) in [5.74, 6) is 0. The standard InChI is InChI=1S/C10H9N5S/c1-15-10(13-6-14-15)16-9-4-7(5-11)2-3-8(9)12/h2-4,6H,12H2,1H3. The van der Waals surface area contributed by atoms with Crippen LogP contribution in [0.2, 0.25) is 0 Å². The van der Waals surface area contributed by atoms with Crippen molar-refractivity contribution in [1.29, 1.82) is 5.26 Å². The first-order valence-electron chi connectivity index (χ1n) is 4.52. The average Bonchev–Trinajstić information content (AvgIpc) is 2.68. The summed E-state index contributed by atoms with van der Waals surface area (Å²) in [6.07, 6.45) is 1.48. The normalized spacial score (nSPS) is 10.0. The van der Waals surface area contributed by atoms with E-state index >= 15 is 0 Å². The minimum atomic E-state index is 0.582. The molecular weight excluding hydrogens is 222 g/mol. The van der Waals surface area contributed by atoms with Crippen LogP contribution in [0, 0.1) is 11.3 Å². The first kappa shape index (κ1) is 10.5. The van der Waals surface area contributed by atoms with Crippen LogP contribution in [0.15, 0.2) is 34.6 Å². The van der Waals surface area contributed by atoms with E-state index in [9.17, 15) is 0 Å². The van der Waals surface area contributed by atoms with E-state index in [2.05, 4.69) is 16.2 Å². The van der Waals surface area contributed by atoms with Gasteiger partial charge >= 0.3 is 0 Å². The maximum atomic E-state index is 8.80. The second-order valence-electron chi connectivity index (χ2n) is 3.13. The average molecular weight is 231 g/mol. The third kappa shape index (κ3) is 1.99. The van der Waals surface area contributed by atoms with Crippen LogP contribution in [0.3, 0.4) is 0 Å². The summed E-state index contributed by atoms with van der Waals surface area (Å²) < 4.78 is 1.66. The summed E-state index contributed by atoms with van der Waals surface area (Å²) in [5.41, 5.74) is 7.04. The Morgan fingerprint density at radius 2 is 2.31 bits per heavy atom. The Labute approximate surface area is 96.9 Å². The van der Waals surface area contributed by atoms with E-state index in [4.69, 9.17) is 11.0 Å². The van der Waals surface area contributed by atoms with Crippen LogP contribution in [0.1, 0.15) is 5.56 Å². The predicted molar refractivity (Wildman–Crippen MR) is 60.7 cm³/mol. The van der Waals surface area contributed by atoms with Crippen molar-refractivity contribution in [2.45, 2.75) is 10.1 Å². The molecule has 2 aromatic rings. The number of benzene rings is 1. The van der Waals surface area contributed by atoms with Gasteiger partial charge in [0.2, 0.25) is 0 Å². The molecule has 0 saturated heterocycles. The Hall–Kier alpha value is -2.00. The van der Waals surface area contributed by atoms with Gasteiger partial charge in [0.1, 0.15) is 6.33 Å². The van der Waals surface area contributed by atoms with Gasteiger partial charge in [-0.2, -0.15) is 10.4 Å². The van der Waals surface area contributed by atoms with Crippen LogP contribution in [0.25, 0.3) is 0 Å². The quantitative estimate of drug-likeness (QED) is 0.790. The number of nitrogen functional groups attached to an aromatic ring is 1. The molecule has 1 heterocycles. The maximum Gasteiger partial charge on any atom is 0.190 e. The van der Waals surface area contributed by atoms with Crippen molar-refractivity contribution in [3.05, 3.63) is 30.1 Å². The number of hydrogen-bond acceptors (Lipinski definition) is 5. The second kappa shape index (κ2) is 4.24. The molecule has 0 atom stereocenters. The molecule has 2 rings (SSSR count). The van der Waals surface area contributed by atoms with Gasteiger partial charge < -0.3 is 5.73 Å². The molecule has 0 amide bonds. The Bertz CT molecular complexity index is 555. The summed E-state index contributed by atoms with van der Waals surface area (Å²) in [7, 11) is 1.81. The van der Waals surface area contributed by atoms with E-state index in [1.807, 2.05) is 0 Å². The lowest BCUT2D eigenvalue weighted by Crippen LogP contribution is -1.94. The maximum absolute atomic E-state index is 8.80. The number of nitriles is 1. The van der Waals surface area contributed by atoms with Crippen molar-refractivity contribution in [1.82, 2.24) is 14.8 Å². The molecule has 0 aliphatic carbocycles. The van der Waals surface area contributed by atoms with Crippen molar-refractivity contribution in [2.75, 3.05) is 5.73 Å². The Morgan fingerprint density at radius 3 is 2.94 bits per heavy atom. The molecule has 5 nitrogen and oxygen atoms in total. The lowest BCUT2D eigenvalue weighted by molar-refractivity contribution is 0.685. The van der Waals surface area contributed by atoms with E-state index in [1.54, 1.807) is 29.9 Å². The zero-order valence-corrected chi connectivity index (χ0v) is 9.40. The molecule has 1 aromatic heterocycles. The van der Waals surface area contributed by atoms with E-state index in [1.165, 1.54) is 18.1 Å². The van der Waals surface area contributed by atoms with Crippen molar-refractivity contribution >= 4 is 17.4 Å². The predicted octanol–water partition coefficient (Wildman–Crippen LogP) is 1.42. The third-order valence-electron chi connectivity index (χ3n) is 2.01. The molecule has 0 fully saturated rings. The number of aromatic nitrogens is 3. The first-order chi connectivity index (χ1) is 7.70. The molecule has 1 aromatic carbocycles. The van der Waals surface area contributed by atoms with Crippen LogP contribution in [-0.4, -0.2) is 14.8 Å². The SMILES string of the molecule is Cn1ncnc1Sc1cc(C#N)ccc1N. The van der Waals surface area contributed by atoms with Gasteiger partial charge in [-0.1, -0.05) is 0 Å². The van der Waals surface area contributed by atoms with Crippen molar-refractivity contribution in [3.63, 3.8) is 0 Å². The van der Waals surface area contributed by atoms with Gasteiger partial charge in [-0.3, -0.25) is 0 Å². The number of nitrogens with two attached hydrogens (primary N) is 1. The molecular formula is C10H9N5S. The van der Waals surface area contributed by atoms with Crippen molar-refractivity contribution in [3.8, 4) is 6.07 Å². The largest absolute Gasteiger partial charge is 0.398 e. The van der Waals surface area contributed by atoms with Gasteiger partial charge in [0, 0.05) is 17.6 Å². The van der Waals surface area contributed by atoms with Crippen LogP contribution in [0.4, 0.5) is 5.69 Å². The summed E-state index contributed by atoms with van der Waals surface area (Å²) >= 11 is 1.39. The lowest BCUT2D eigenvalue weighted by atomic mass is 10.2. The number of anilines is 1. The van der Waals surface area contributed by atoms with Crippen molar-refractivity contribution < 1.29 is 0 Å². The van der Waals surface area contributed by atoms with Gasteiger partial charge in [0.25, 0.3) is 0 Å². The molecule has 0 saturated carbocycles. The molecule has 0 spiro atoms. The fourth-order valence-electron chi connectivity index (χ4n) is 1.17. The first-order valence-corrected chi connectivity index (χ1v) is 5.34. The van der Waals surface area contributed by atoms with Crippen molar-refractivity contribution in [2.24, 2.45) is 7.05 Å². The van der Waals surface area contributed by atoms with E-state index < -0.39 is 0 Å². The second-order valence-corrected chi connectivity index (χ2v) is 4.14. The highest BCUT2D eigenvalue weighted by atomic mass is 32.2. The number of nitrogens with zero attached hydrogens (tertiary/aromatic N) is 4. The van der Waals surface area contributed by atoms with E-state index in [-0.39, 0.29) is 0 Å². The molecule has 16 heavy (non-hydrogen) atoms. The molecule has 6 heteroatoms. The van der Waals surface area contributed by atoms with Crippen LogP contribution < -0.4 is 5.73 Å². The highest BCUT2D eigenvalue weighted by Crippen LogP contribution is 2.30. The molecule has 0 aliphatic heterocycles. The Kier molecular flexibility index (Phi) is 2.79. The number of aryl methyl sites for hydroxylation is 1. The van der Waals surface area contributed by atoms with Gasteiger partial charge in [-0.25, -0.2) is 9.67 Å². The zero-order chi connectivity index (χ0) is 11.5. The summed E-state index contributed by atoms with van der Waals surface area (Å²) in [5, 5.41) is 13.5. The molecule has 2 N–H and O–H groups in total. The fraction of sp³-hybridized carbons (Fsp3) is 0.100. The van der Waals surface area contributed by atoms with Gasteiger partial charge in [-0.15, -0.1) is 0 Å². The molecule has 0 bridgehead atoms. The number of rotatable bonds is 2. The van der Waals surface area contributed by atoms with Gasteiger partial charge in [0.05, 0.1) is 11.6 Å². The monoisotopic (exact) mass is 231 g/mol. The van der Waals surface area contributed by atoms with E-state index in [0.29, 0.717) is 11.3 Å². The summed E-state index contributed by atoms with van der Waals surface area (Å²) in [4.78, 5) is 4.90. The summed E-state index contributed by atoms with van der Waals surface area (Å²) in [6, 6.07) is 7.23. The minimum Gasteiger partial charge on any atom is -0.398 e. The Balaban J connectivity index is 2.35. The lowest BCUT2D eigenvalue weighted by Gasteiger charge is -2.04. The number of hydrogen-bond donors (Lipinski definition) is 1. The minimum absolute atomic E-state index is 0.582. The van der Waals surface area contributed by atoms with Crippen LogP contribution in [-0.2, 0) is 7.05 Å². The smallest absolute Gasteiger partial charge is 0.190 e. The third-order valence-corrected chi connectivity index (χ3v) is 3.14. The Morgan fingerprint density at radius 1 is 1.50 bits per heavy atom. The van der Waals surface area contributed by atoms with Gasteiger partial charge in [0.15, 0.2) is 5.16 Å². The van der Waals surface area contributed by atoms with Gasteiger partial charge in [-0.05, 0) is 30.0 Å².